The highest BCUT2D eigenvalue weighted by Gasteiger charge is 2.29. The normalized spacial score (nSPS) is 17.1. The summed E-state index contributed by atoms with van der Waals surface area (Å²) in [4.78, 5) is 11.2. The Bertz CT molecular complexity index is 183. The van der Waals surface area contributed by atoms with Crippen molar-refractivity contribution in [3.63, 3.8) is 0 Å². The second-order valence-electron chi connectivity index (χ2n) is 3.10. The van der Waals surface area contributed by atoms with Gasteiger partial charge in [-0.3, -0.25) is 4.79 Å². The SMILES string of the molecule is CCOCCC(=O)[C@H](O)[C@H](O)[C@H](O)CO. The molecule has 6 nitrogen and oxygen atoms in total. The second-order valence-corrected chi connectivity index (χ2v) is 3.10. The summed E-state index contributed by atoms with van der Waals surface area (Å²) in [6, 6.07) is 0. The third-order valence-electron chi connectivity index (χ3n) is 1.93. The maximum absolute atomic E-state index is 11.2. The predicted molar refractivity (Wildman–Crippen MR) is 51.2 cm³/mol. The number of aliphatic hydroxyl groups is 4. The van der Waals surface area contributed by atoms with E-state index in [1.54, 1.807) is 6.92 Å². The van der Waals surface area contributed by atoms with E-state index >= 15 is 0 Å². The fourth-order valence-electron chi connectivity index (χ4n) is 0.974. The second kappa shape index (κ2) is 7.72. The van der Waals surface area contributed by atoms with Crippen LogP contribution in [0.2, 0.25) is 0 Å². The first-order valence-electron chi connectivity index (χ1n) is 4.80. The van der Waals surface area contributed by atoms with E-state index < -0.39 is 30.7 Å². The smallest absolute Gasteiger partial charge is 0.166 e. The van der Waals surface area contributed by atoms with Gasteiger partial charge in [0, 0.05) is 13.0 Å². The molecule has 6 heteroatoms. The van der Waals surface area contributed by atoms with Crippen LogP contribution in [0, 0.1) is 0 Å². The highest BCUT2D eigenvalue weighted by molar-refractivity contribution is 5.83. The van der Waals surface area contributed by atoms with Gasteiger partial charge in [-0.2, -0.15) is 0 Å². The van der Waals surface area contributed by atoms with E-state index in [9.17, 15) is 15.0 Å². The molecule has 0 radical (unpaired) electrons. The van der Waals surface area contributed by atoms with Crippen LogP contribution in [0.25, 0.3) is 0 Å². The van der Waals surface area contributed by atoms with Gasteiger partial charge in [-0.25, -0.2) is 0 Å². The summed E-state index contributed by atoms with van der Waals surface area (Å²) < 4.78 is 4.90. The predicted octanol–water partition coefficient (Wildman–Crippen LogP) is -1.94. The number of ether oxygens (including phenoxy) is 1. The molecule has 3 atom stereocenters. The number of hydrogen-bond donors (Lipinski definition) is 4. The van der Waals surface area contributed by atoms with Crippen molar-refractivity contribution in [1.82, 2.24) is 0 Å². The summed E-state index contributed by atoms with van der Waals surface area (Å²) in [6.45, 7) is 1.68. The van der Waals surface area contributed by atoms with Crippen LogP contribution in [0.1, 0.15) is 13.3 Å². The van der Waals surface area contributed by atoms with Gasteiger partial charge in [0.05, 0.1) is 13.2 Å². The first-order valence-corrected chi connectivity index (χ1v) is 4.80. The molecule has 15 heavy (non-hydrogen) atoms. The first kappa shape index (κ1) is 14.5. The van der Waals surface area contributed by atoms with E-state index in [0.717, 1.165) is 0 Å². The van der Waals surface area contributed by atoms with Crippen LogP contribution in [-0.4, -0.2) is 64.3 Å². The Morgan fingerprint density at radius 1 is 1.33 bits per heavy atom. The molecular weight excluding hydrogens is 204 g/mol. The Morgan fingerprint density at radius 3 is 2.40 bits per heavy atom. The number of ketones is 1. The van der Waals surface area contributed by atoms with Gasteiger partial charge in [-0.15, -0.1) is 0 Å². The van der Waals surface area contributed by atoms with Crippen LogP contribution < -0.4 is 0 Å². The minimum atomic E-state index is -1.69. The van der Waals surface area contributed by atoms with Gasteiger partial charge in [0.1, 0.15) is 18.3 Å². The van der Waals surface area contributed by atoms with E-state index in [1.807, 2.05) is 0 Å². The van der Waals surface area contributed by atoms with Crippen molar-refractivity contribution in [3.8, 4) is 0 Å². The summed E-state index contributed by atoms with van der Waals surface area (Å²) in [5, 5.41) is 35.9. The van der Waals surface area contributed by atoms with Gasteiger partial charge in [0.25, 0.3) is 0 Å². The summed E-state index contributed by atoms with van der Waals surface area (Å²) in [5.74, 6) is -0.622. The van der Waals surface area contributed by atoms with Crippen LogP contribution in [0.4, 0.5) is 0 Å². The molecule has 0 aromatic heterocycles. The number of carbonyl (C=O) groups excluding carboxylic acids is 1. The van der Waals surface area contributed by atoms with Crippen LogP contribution in [0.15, 0.2) is 0 Å². The molecule has 0 spiro atoms. The highest BCUT2D eigenvalue weighted by Crippen LogP contribution is 2.03. The molecule has 0 fully saturated rings. The van der Waals surface area contributed by atoms with Gasteiger partial charge < -0.3 is 25.2 Å². The van der Waals surface area contributed by atoms with Crippen molar-refractivity contribution in [2.24, 2.45) is 0 Å². The molecule has 90 valence electrons. The number of aliphatic hydroxyl groups excluding tert-OH is 4. The van der Waals surface area contributed by atoms with Crippen LogP contribution in [0.3, 0.4) is 0 Å². The van der Waals surface area contributed by atoms with Gasteiger partial charge >= 0.3 is 0 Å². The molecule has 0 heterocycles. The van der Waals surface area contributed by atoms with Crippen molar-refractivity contribution in [2.45, 2.75) is 31.7 Å². The van der Waals surface area contributed by atoms with Crippen LogP contribution in [0.5, 0.6) is 0 Å². The molecular formula is C9H18O6. The van der Waals surface area contributed by atoms with E-state index in [1.165, 1.54) is 0 Å². The average molecular weight is 222 g/mol. The molecule has 0 saturated heterocycles. The molecule has 0 aliphatic rings. The molecule has 0 amide bonds. The van der Waals surface area contributed by atoms with Gasteiger partial charge in [0.2, 0.25) is 0 Å². The fourth-order valence-corrected chi connectivity index (χ4v) is 0.974. The molecule has 0 saturated carbocycles. The molecule has 0 aromatic carbocycles. The number of hydrogen-bond acceptors (Lipinski definition) is 6. The quantitative estimate of drug-likeness (QED) is 0.356. The zero-order valence-corrected chi connectivity index (χ0v) is 8.67. The Labute approximate surface area is 88.1 Å². The van der Waals surface area contributed by atoms with Crippen LogP contribution in [-0.2, 0) is 9.53 Å². The summed E-state index contributed by atoms with van der Waals surface area (Å²) >= 11 is 0. The fraction of sp³-hybridized carbons (Fsp3) is 0.889. The molecule has 0 aliphatic heterocycles. The number of Topliss-reactive ketones (excluding diaryl/α,β-unsaturated/α-hetero) is 1. The zero-order valence-electron chi connectivity index (χ0n) is 8.67. The molecule has 0 aliphatic carbocycles. The Kier molecular flexibility index (Phi) is 7.45. The minimum Gasteiger partial charge on any atom is -0.394 e. The number of rotatable bonds is 8. The molecule has 0 bridgehead atoms. The summed E-state index contributed by atoms with van der Waals surface area (Å²) in [7, 11) is 0. The van der Waals surface area contributed by atoms with Gasteiger partial charge in [-0.1, -0.05) is 0 Å². The Hall–Kier alpha value is -0.530. The van der Waals surface area contributed by atoms with Crippen molar-refractivity contribution < 1.29 is 30.0 Å². The van der Waals surface area contributed by atoms with Crippen LogP contribution >= 0.6 is 0 Å². The standard InChI is InChI=1S/C9H18O6/c1-2-15-4-3-6(11)8(13)9(14)7(12)5-10/h7-10,12-14H,2-5H2,1H3/t7-,8+,9-/m1/s1. The maximum atomic E-state index is 11.2. The van der Waals surface area contributed by atoms with E-state index in [2.05, 4.69) is 0 Å². The van der Waals surface area contributed by atoms with Gasteiger partial charge in [0.15, 0.2) is 5.78 Å². The molecule has 0 rings (SSSR count). The summed E-state index contributed by atoms with van der Waals surface area (Å²) in [6.07, 6.45) is -4.91. The maximum Gasteiger partial charge on any atom is 0.166 e. The zero-order chi connectivity index (χ0) is 11.8. The van der Waals surface area contributed by atoms with Gasteiger partial charge in [-0.05, 0) is 6.92 Å². The monoisotopic (exact) mass is 222 g/mol. The average Bonchev–Trinajstić information content (AvgIpc) is 2.26. The lowest BCUT2D eigenvalue weighted by atomic mass is 10.0. The molecule has 4 N–H and O–H groups in total. The lowest BCUT2D eigenvalue weighted by Crippen LogP contribution is -2.44. The lowest BCUT2D eigenvalue weighted by molar-refractivity contribution is -0.141. The topological polar surface area (TPSA) is 107 Å². The molecule has 0 aromatic rings. The van der Waals surface area contributed by atoms with E-state index in [-0.39, 0.29) is 13.0 Å². The number of carbonyl (C=O) groups is 1. The third-order valence-corrected chi connectivity index (χ3v) is 1.93. The first-order chi connectivity index (χ1) is 7.04. The third kappa shape index (κ3) is 5.19. The highest BCUT2D eigenvalue weighted by atomic mass is 16.5. The van der Waals surface area contributed by atoms with Crippen molar-refractivity contribution in [3.05, 3.63) is 0 Å². The van der Waals surface area contributed by atoms with Crippen molar-refractivity contribution in [1.29, 1.82) is 0 Å². The summed E-state index contributed by atoms with van der Waals surface area (Å²) in [5.41, 5.74) is 0. The molecule has 0 unspecified atom stereocenters. The van der Waals surface area contributed by atoms with E-state index in [0.29, 0.717) is 6.61 Å². The minimum absolute atomic E-state index is 0.0375. The lowest BCUT2D eigenvalue weighted by Gasteiger charge is -2.20. The largest absolute Gasteiger partial charge is 0.394 e. The Morgan fingerprint density at radius 2 is 1.93 bits per heavy atom. The van der Waals surface area contributed by atoms with E-state index in [4.69, 9.17) is 14.9 Å². The Balaban J connectivity index is 3.96. The van der Waals surface area contributed by atoms with Crippen molar-refractivity contribution >= 4 is 5.78 Å². The van der Waals surface area contributed by atoms with Crippen molar-refractivity contribution in [2.75, 3.05) is 19.8 Å².